The number of nitrogens with two attached hydrogens (primary N) is 1. The van der Waals surface area contributed by atoms with Crippen molar-refractivity contribution in [2.75, 3.05) is 39.3 Å². The number of nitrogens with one attached hydrogen (secondary N) is 1. The van der Waals surface area contributed by atoms with Gasteiger partial charge in [-0.15, -0.1) is 0 Å². The van der Waals surface area contributed by atoms with E-state index in [-0.39, 0.29) is 18.4 Å². The maximum atomic E-state index is 13.1. The minimum Gasteiger partial charge on any atom is -0.395 e. The molecule has 0 bridgehead atoms. The van der Waals surface area contributed by atoms with Gasteiger partial charge in [0, 0.05) is 13.1 Å². The van der Waals surface area contributed by atoms with Gasteiger partial charge in [0.15, 0.2) is 0 Å². The fourth-order valence-electron chi connectivity index (χ4n) is 5.41. The molecule has 1 saturated heterocycles. The summed E-state index contributed by atoms with van der Waals surface area (Å²) in [6.45, 7) is 4.93. The zero-order valence-electron chi connectivity index (χ0n) is 19.9. The van der Waals surface area contributed by atoms with E-state index in [1.54, 1.807) is 0 Å². The maximum Gasteiger partial charge on any atom is 0.232 e. The first-order valence-electron chi connectivity index (χ1n) is 12.6. The van der Waals surface area contributed by atoms with Gasteiger partial charge in [0.25, 0.3) is 0 Å². The van der Waals surface area contributed by atoms with Crippen LogP contribution in [-0.2, 0) is 10.2 Å². The van der Waals surface area contributed by atoms with Gasteiger partial charge in [-0.3, -0.25) is 4.79 Å². The molecule has 0 radical (unpaired) electrons. The molecule has 0 unspecified atom stereocenters. The standard InChI is InChI=1S/C28H41N3O2/c29-27(33)28(24-13-7-5-8-14-24,25-15-9-6-10-16-25)26-17-21-31(23-26)20-12-4-2-1-3-11-18-30-19-22-32/h5-10,13-16,26,30,32H,1-4,11-12,17-23H2,(H2,29,33)/t26-/m0/s1. The number of nitrogens with zero attached hydrogens (tertiary/aromatic N) is 1. The van der Waals surface area contributed by atoms with Gasteiger partial charge in [0.05, 0.1) is 6.61 Å². The summed E-state index contributed by atoms with van der Waals surface area (Å²) in [5.41, 5.74) is 7.41. The predicted octanol–water partition coefficient (Wildman–Crippen LogP) is 3.70. The first-order chi connectivity index (χ1) is 16.2. The topological polar surface area (TPSA) is 78.6 Å². The molecule has 3 rings (SSSR count). The molecule has 0 aromatic heterocycles. The van der Waals surface area contributed by atoms with Crippen molar-refractivity contribution in [3.8, 4) is 0 Å². The van der Waals surface area contributed by atoms with Crippen LogP contribution in [0.25, 0.3) is 0 Å². The Hall–Kier alpha value is -2.21. The highest BCUT2D eigenvalue weighted by Crippen LogP contribution is 2.43. The van der Waals surface area contributed by atoms with Crippen molar-refractivity contribution < 1.29 is 9.90 Å². The molecule has 0 spiro atoms. The van der Waals surface area contributed by atoms with E-state index in [1.807, 2.05) is 36.4 Å². The largest absolute Gasteiger partial charge is 0.395 e. The fourth-order valence-corrected chi connectivity index (χ4v) is 5.41. The van der Waals surface area contributed by atoms with Crippen molar-refractivity contribution in [2.24, 2.45) is 11.7 Å². The molecule has 180 valence electrons. The molecule has 2 aromatic rings. The molecule has 1 amide bonds. The van der Waals surface area contributed by atoms with Crippen molar-refractivity contribution in [1.82, 2.24) is 10.2 Å². The molecule has 1 aliphatic rings. The quantitative estimate of drug-likeness (QED) is 0.361. The summed E-state index contributed by atoms with van der Waals surface area (Å²) in [5, 5.41) is 12.0. The summed E-state index contributed by atoms with van der Waals surface area (Å²) in [5.74, 6) is -0.0774. The molecule has 1 fully saturated rings. The molecule has 5 heteroatoms. The lowest BCUT2D eigenvalue weighted by Gasteiger charge is -2.37. The van der Waals surface area contributed by atoms with Crippen LogP contribution in [0.5, 0.6) is 0 Å². The van der Waals surface area contributed by atoms with Gasteiger partial charge >= 0.3 is 0 Å². The highest BCUT2D eigenvalue weighted by atomic mass is 16.3. The van der Waals surface area contributed by atoms with Crippen LogP contribution in [0.4, 0.5) is 0 Å². The molecule has 0 aliphatic carbocycles. The number of hydrogen-bond donors (Lipinski definition) is 3. The number of carbonyl (C=O) groups is 1. The number of aliphatic hydroxyl groups excluding tert-OH is 1. The highest BCUT2D eigenvalue weighted by molar-refractivity contribution is 5.91. The van der Waals surface area contributed by atoms with E-state index in [0.717, 1.165) is 43.7 Å². The molecular formula is C28H41N3O2. The van der Waals surface area contributed by atoms with Gasteiger partial charge in [0.1, 0.15) is 5.41 Å². The number of benzene rings is 2. The van der Waals surface area contributed by atoms with Gasteiger partial charge in [-0.1, -0.05) is 86.3 Å². The highest BCUT2D eigenvalue weighted by Gasteiger charge is 2.49. The van der Waals surface area contributed by atoms with E-state index in [4.69, 9.17) is 10.8 Å². The van der Waals surface area contributed by atoms with Crippen LogP contribution < -0.4 is 11.1 Å². The zero-order chi connectivity index (χ0) is 23.4. The van der Waals surface area contributed by atoms with E-state index >= 15 is 0 Å². The number of amides is 1. The van der Waals surface area contributed by atoms with Crippen molar-refractivity contribution in [3.05, 3.63) is 71.8 Å². The molecule has 1 aliphatic heterocycles. The first-order valence-corrected chi connectivity index (χ1v) is 12.6. The Kier molecular flexibility index (Phi) is 10.4. The number of carbonyl (C=O) groups excluding carboxylic acids is 1. The van der Waals surface area contributed by atoms with E-state index < -0.39 is 5.41 Å². The van der Waals surface area contributed by atoms with Crippen LogP contribution in [0, 0.1) is 5.92 Å². The third-order valence-electron chi connectivity index (χ3n) is 7.10. The van der Waals surface area contributed by atoms with Gasteiger partial charge < -0.3 is 21.1 Å². The average molecular weight is 452 g/mol. The second kappa shape index (κ2) is 13.5. The van der Waals surface area contributed by atoms with Crippen molar-refractivity contribution in [2.45, 2.75) is 50.4 Å². The smallest absolute Gasteiger partial charge is 0.232 e. The second-order valence-corrected chi connectivity index (χ2v) is 9.29. The van der Waals surface area contributed by atoms with Crippen molar-refractivity contribution >= 4 is 5.91 Å². The number of aliphatic hydroxyl groups is 1. The first kappa shape index (κ1) is 25.4. The third-order valence-corrected chi connectivity index (χ3v) is 7.10. The zero-order valence-corrected chi connectivity index (χ0v) is 19.9. The van der Waals surface area contributed by atoms with Gasteiger partial charge in [0.2, 0.25) is 5.91 Å². The minimum atomic E-state index is -0.790. The number of rotatable bonds is 15. The molecule has 1 heterocycles. The lowest BCUT2D eigenvalue weighted by atomic mass is 9.64. The number of hydrogen-bond acceptors (Lipinski definition) is 4. The van der Waals surface area contributed by atoms with Crippen LogP contribution in [0.3, 0.4) is 0 Å². The summed E-state index contributed by atoms with van der Waals surface area (Å²) in [6.07, 6.45) is 8.42. The van der Waals surface area contributed by atoms with Gasteiger partial charge in [-0.2, -0.15) is 0 Å². The molecule has 33 heavy (non-hydrogen) atoms. The summed E-state index contributed by atoms with van der Waals surface area (Å²) in [4.78, 5) is 15.7. The third kappa shape index (κ3) is 6.66. The molecule has 0 saturated carbocycles. The second-order valence-electron chi connectivity index (χ2n) is 9.29. The van der Waals surface area contributed by atoms with Crippen LogP contribution in [0.2, 0.25) is 0 Å². The van der Waals surface area contributed by atoms with Crippen molar-refractivity contribution in [1.29, 1.82) is 0 Å². The maximum absolute atomic E-state index is 13.1. The van der Waals surface area contributed by atoms with Crippen molar-refractivity contribution in [3.63, 3.8) is 0 Å². The Balaban J connectivity index is 1.54. The number of primary amides is 1. The van der Waals surface area contributed by atoms with Gasteiger partial charge in [-0.25, -0.2) is 0 Å². The normalized spacial score (nSPS) is 16.8. The Labute approximate surface area is 199 Å². The van der Waals surface area contributed by atoms with Crippen LogP contribution in [0.1, 0.15) is 56.1 Å². The Bertz CT molecular complexity index is 773. The SMILES string of the molecule is NC(=O)C(c1ccccc1)(c1ccccc1)[C@H]1CCN(CCCCCCCCNCCO)C1. The number of likely N-dealkylation sites (tertiary alicyclic amines) is 1. The Morgan fingerprint density at radius 2 is 1.48 bits per heavy atom. The van der Waals surface area contributed by atoms with Crippen LogP contribution in [0.15, 0.2) is 60.7 Å². The molecule has 5 nitrogen and oxygen atoms in total. The predicted molar refractivity (Wildman–Crippen MR) is 135 cm³/mol. The lowest BCUT2D eigenvalue weighted by molar-refractivity contribution is -0.123. The molecule has 4 N–H and O–H groups in total. The Morgan fingerprint density at radius 3 is 2.06 bits per heavy atom. The average Bonchev–Trinajstić information content (AvgIpc) is 3.31. The fraction of sp³-hybridized carbons (Fsp3) is 0.536. The molecular weight excluding hydrogens is 410 g/mol. The summed E-state index contributed by atoms with van der Waals surface area (Å²) in [6, 6.07) is 20.2. The van der Waals surface area contributed by atoms with E-state index in [2.05, 4.69) is 34.5 Å². The minimum absolute atomic E-state index is 0.172. The lowest BCUT2D eigenvalue weighted by Crippen LogP contribution is -2.49. The van der Waals surface area contributed by atoms with Crippen LogP contribution >= 0.6 is 0 Å². The van der Waals surface area contributed by atoms with E-state index in [9.17, 15) is 4.79 Å². The number of unbranched alkanes of at least 4 members (excludes halogenated alkanes) is 5. The summed E-state index contributed by atoms with van der Waals surface area (Å²) < 4.78 is 0. The monoisotopic (exact) mass is 451 g/mol. The summed E-state index contributed by atoms with van der Waals surface area (Å²) in [7, 11) is 0. The summed E-state index contributed by atoms with van der Waals surface area (Å²) >= 11 is 0. The van der Waals surface area contributed by atoms with E-state index in [0.29, 0.717) is 6.54 Å². The molecule has 2 aromatic carbocycles. The molecule has 1 atom stereocenters. The van der Waals surface area contributed by atoms with Gasteiger partial charge in [-0.05, 0) is 55.9 Å². The van der Waals surface area contributed by atoms with E-state index in [1.165, 1.54) is 38.5 Å². The Morgan fingerprint density at radius 1 is 0.909 bits per heavy atom. The van der Waals surface area contributed by atoms with Crippen LogP contribution in [-0.4, -0.2) is 55.2 Å².